The Bertz CT molecular complexity index is 1130. The highest BCUT2D eigenvalue weighted by atomic mass is 16.5. The maximum absolute atomic E-state index is 13.4. The van der Waals surface area contributed by atoms with Crippen molar-refractivity contribution in [2.24, 2.45) is 0 Å². The molecule has 7 nitrogen and oxygen atoms in total. The summed E-state index contributed by atoms with van der Waals surface area (Å²) in [4.78, 5) is 40.3. The van der Waals surface area contributed by atoms with Gasteiger partial charge in [0.15, 0.2) is 23.1 Å². The molecule has 0 amide bonds. The Kier molecular flexibility index (Phi) is 7.77. The van der Waals surface area contributed by atoms with E-state index in [1.807, 2.05) is 17.0 Å². The number of carbonyl (C=O) groups excluding carboxylic acids is 2. The van der Waals surface area contributed by atoms with Crippen LogP contribution in [-0.4, -0.2) is 47.8 Å². The normalized spacial score (nSPS) is 18.1. The number of benzene rings is 1. The molecule has 0 saturated carbocycles. The molecule has 0 fully saturated rings. The van der Waals surface area contributed by atoms with Crippen molar-refractivity contribution in [1.82, 2.24) is 4.90 Å². The zero-order valence-electron chi connectivity index (χ0n) is 20.8. The second-order valence-electron chi connectivity index (χ2n) is 9.31. The summed E-state index contributed by atoms with van der Waals surface area (Å²) in [5.74, 6) is -0.267. The number of hydrogen-bond donors (Lipinski definition) is 1. The predicted octanol–water partition coefficient (Wildman–Crippen LogP) is 4.88. The van der Waals surface area contributed by atoms with E-state index in [-0.39, 0.29) is 24.5 Å². The number of rotatable bonds is 10. The highest BCUT2D eigenvalue weighted by molar-refractivity contribution is 6.06. The highest BCUT2D eigenvalue weighted by Gasteiger charge is 2.43. The van der Waals surface area contributed by atoms with Crippen molar-refractivity contribution in [2.45, 2.75) is 57.3 Å². The van der Waals surface area contributed by atoms with Crippen molar-refractivity contribution >= 4 is 17.5 Å². The Morgan fingerprint density at radius 3 is 2.22 bits per heavy atom. The monoisotopic (exact) mass is 491 g/mol. The molecule has 0 radical (unpaired) electrons. The van der Waals surface area contributed by atoms with Gasteiger partial charge in [0.25, 0.3) is 0 Å². The first kappa shape index (κ1) is 25.5. The largest absolute Gasteiger partial charge is 0.493 e. The summed E-state index contributed by atoms with van der Waals surface area (Å²) < 4.78 is 11.6. The molecule has 1 aromatic carbocycles. The number of allylic oxidation sites excluding steroid dienone is 5. The Balaban J connectivity index is 1.94. The van der Waals surface area contributed by atoms with Crippen LogP contribution in [0.3, 0.4) is 0 Å². The molecule has 2 aliphatic carbocycles. The smallest absolute Gasteiger partial charge is 0.305 e. The van der Waals surface area contributed by atoms with Crippen LogP contribution in [-0.2, 0) is 20.8 Å². The molecule has 1 aliphatic heterocycles. The Hall–Kier alpha value is -3.61. The number of ether oxygens (including phenoxy) is 2. The molecule has 0 spiro atoms. The van der Waals surface area contributed by atoms with Gasteiger partial charge in [-0.1, -0.05) is 24.8 Å². The second-order valence-corrected chi connectivity index (χ2v) is 9.31. The van der Waals surface area contributed by atoms with Gasteiger partial charge in [-0.2, -0.15) is 0 Å². The van der Waals surface area contributed by atoms with Crippen LogP contribution >= 0.6 is 0 Å². The lowest BCUT2D eigenvalue weighted by Crippen LogP contribution is -2.40. The van der Waals surface area contributed by atoms with E-state index >= 15 is 0 Å². The van der Waals surface area contributed by atoms with Gasteiger partial charge in [0.05, 0.1) is 13.5 Å². The molecule has 7 heteroatoms. The van der Waals surface area contributed by atoms with E-state index in [1.165, 1.54) is 0 Å². The van der Waals surface area contributed by atoms with E-state index in [1.54, 1.807) is 19.3 Å². The Labute approximate surface area is 211 Å². The van der Waals surface area contributed by atoms with Crippen LogP contribution in [0.1, 0.15) is 62.0 Å². The summed E-state index contributed by atoms with van der Waals surface area (Å²) in [6.45, 7) is 8.16. The lowest BCUT2D eigenvalue weighted by Gasteiger charge is -2.44. The van der Waals surface area contributed by atoms with Gasteiger partial charge in [0.1, 0.15) is 6.61 Å². The predicted molar refractivity (Wildman–Crippen MR) is 136 cm³/mol. The number of nitrogens with zero attached hydrogens (tertiary/aromatic N) is 1. The highest BCUT2D eigenvalue weighted by Crippen LogP contribution is 2.50. The van der Waals surface area contributed by atoms with E-state index < -0.39 is 11.9 Å². The minimum absolute atomic E-state index is 0.0164. The van der Waals surface area contributed by atoms with Crippen molar-refractivity contribution in [2.75, 3.05) is 20.3 Å². The van der Waals surface area contributed by atoms with E-state index in [0.717, 1.165) is 22.5 Å². The average Bonchev–Trinajstić information content (AvgIpc) is 2.86. The fourth-order valence-corrected chi connectivity index (χ4v) is 5.64. The first-order valence-electron chi connectivity index (χ1n) is 12.5. The van der Waals surface area contributed by atoms with Crippen LogP contribution < -0.4 is 9.47 Å². The van der Waals surface area contributed by atoms with Crippen LogP contribution in [0, 0.1) is 0 Å². The Morgan fingerprint density at radius 1 is 1.06 bits per heavy atom. The standard InChI is InChI=1S/C29H33NO6/c1-4-8-18-16-19(17-24(35-3)29(18)36-15-5-2)26-27-20(9-6-11-22(27)31)30(14-13-25(33)34)21-10-7-12-23(32)28(21)26/h4-5,16-17,26H,1-2,6-15H2,3H3,(H,33,34). The fourth-order valence-electron chi connectivity index (χ4n) is 5.64. The van der Waals surface area contributed by atoms with Crippen molar-refractivity contribution in [3.8, 4) is 11.5 Å². The van der Waals surface area contributed by atoms with Crippen LogP contribution in [0.25, 0.3) is 0 Å². The van der Waals surface area contributed by atoms with E-state index in [0.29, 0.717) is 74.2 Å². The quantitative estimate of drug-likeness (QED) is 0.467. The topological polar surface area (TPSA) is 93.1 Å². The van der Waals surface area contributed by atoms with Gasteiger partial charge < -0.3 is 19.5 Å². The molecule has 0 bridgehead atoms. The molecule has 3 aliphatic rings. The van der Waals surface area contributed by atoms with Gasteiger partial charge in [-0.05, 0) is 43.7 Å². The third-order valence-corrected chi connectivity index (χ3v) is 7.05. The van der Waals surface area contributed by atoms with Crippen molar-refractivity contribution in [3.63, 3.8) is 0 Å². The lowest BCUT2D eigenvalue weighted by molar-refractivity contribution is -0.137. The van der Waals surface area contributed by atoms with Gasteiger partial charge in [-0.15, -0.1) is 6.58 Å². The van der Waals surface area contributed by atoms with E-state index in [9.17, 15) is 19.5 Å². The number of ketones is 2. The molecule has 0 aromatic heterocycles. The molecule has 190 valence electrons. The fraction of sp³-hybridized carbons (Fsp3) is 0.414. The maximum Gasteiger partial charge on any atom is 0.305 e. The molecular weight excluding hydrogens is 458 g/mol. The summed E-state index contributed by atoms with van der Waals surface area (Å²) >= 11 is 0. The molecule has 1 N–H and O–H groups in total. The van der Waals surface area contributed by atoms with E-state index in [2.05, 4.69) is 13.2 Å². The molecule has 1 heterocycles. The molecule has 4 rings (SSSR count). The van der Waals surface area contributed by atoms with Crippen LogP contribution in [0.4, 0.5) is 0 Å². The summed E-state index contributed by atoms with van der Waals surface area (Å²) in [7, 11) is 1.57. The van der Waals surface area contributed by atoms with Gasteiger partial charge >= 0.3 is 5.97 Å². The minimum atomic E-state index is -0.903. The first-order chi connectivity index (χ1) is 17.4. The number of Topliss-reactive ketones (excluding diaryl/α,β-unsaturated/α-hetero) is 2. The van der Waals surface area contributed by atoms with Crippen molar-refractivity contribution < 1.29 is 29.0 Å². The number of hydrogen-bond acceptors (Lipinski definition) is 6. The molecule has 0 saturated heterocycles. The third-order valence-electron chi connectivity index (χ3n) is 7.05. The van der Waals surface area contributed by atoms with Gasteiger partial charge in [0, 0.05) is 53.4 Å². The van der Waals surface area contributed by atoms with Gasteiger partial charge in [-0.25, -0.2) is 0 Å². The van der Waals surface area contributed by atoms with Crippen LogP contribution in [0.15, 0.2) is 60.0 Å². The molecule has 0 atom stereocenters. The second kappa shape index (κ2) is 11.0. The van der Waals surface area contributed by atoms with Gasteiger partial charge in [0.2, 0.25) is 0 Å². The maximum atomic E-state index is 13.4. The number of carbonyl (C=O) groups is 3. The van der Waals surface area contributed by atoms with Crippen molar-refractivity contribution in [3.05, 3.63) is 71.1 Å². The summed E-state index contributed by atoms with van der Waals surface area (Å²) in [6.07, 6.45) is 7.51. The summed E-state index contributed by atoms with van der Waals surface area (Å²) in [5.41, 5.74) is 4.62. The molecule has 0 unspecified atom stereocenters. The molecule has 36 heavy (non-hydrogen) atoms. The number of aliphatic carboxylic acids is 1. The minimum Gasteiger partial charge on any atom is -0.493 e. The SMILES string of the molecule is C=CCOc1c(CC=C)cc(C2C3=C(CCCC3=O)N(CCC(=O)O)C3=C2C(=O)CCC3)cc1OC. The molecule has 1 aromatic rings. The zero-order chi connectivity index (χ0) is 25.8. The van der Waals surface area contributed by atoms with Gasteiger partial charge in [-0.3, -0.25) is 14.4 Å². The first-order valence-corrected chi connectivity index (χ1v) is 12.5. The van der Waals surface area contributed by atoms with Crippen LogP contribution in [0.2, 0.25) is 0 Å². The zero-order valence-corrected chi connectivity index (χ0v) is 20.8. The summed E-state index contributed by atoms with van der Waals surface area (Å²) in [5, 5.41) is 9.36. The Morgan fingerprint density at radius 2 is 1.69 bits per heavy atom. The summed E-state index contributed by atoms with van der Waals surface area (Å²) in [6, 6.07) is 3.85. The van der Waals surface area contributed by atoms with Crippen LogP contribution in [0.5, 0.6) is 11.5 Å². The number of methoxy groups -OCH3 is 1. The lowest BCUT2D eigenvalue weighted by atomic mass is 9.70. The van der Waals surface area contributed by atoms with Crippen molar-refractivity contribution in [1.29, 1.82) is 0 Å². The number of carboxylic acids is 1. The number of carboxylic acid groups (broad SMARTS) is 1. The molecular formula is C29H33NO6. The van der Waals surface area contributed by atoms with E-state index in [4.69, 9.17) is 9.47 Å². The average molecular weight is 492 g/mol. The third kappa shape index (κ3) is 4.74.